The van der Waals surface area contributed by atoms with Crippen LogP contribution in [0, 0.1) is 0 Å². The number of rotatable bonds is 4. The number of likely N-dealkylation sites (tertiary alicyclic amines) is 1. The number of carbonyl (C=O) groups excluding carboxylic acids is 1. The van der Waals surface area contributed by atoms with Gasteiger partial charge < -0.3 is 21.5 Å². The lowest BCUT2D eigenvalue weighted by atomic mass is 9.72. The molecule has 1 aliphatic carbocycles. The van der Waals surface area contributed by atoms with E-state index in [0.717, 1.165) is 51.9 Å². The average Bonchev–Trinajstić information content (AvgIpc) is 2.87. The van der Waals surface area contributed by atoms with Crippen molar-refractivity contribution in [2.75, 3.05) is 32.7 Å². The fourth-order valence-corrected chi connectivity index (χ4v) is 5.22. The Morgan fingerprint density at radius 3 is 2.65 bits per heavy atom. The minimum absolute atomic E-state index is 0.00279. The predicted octanol–water partition coefficient (Wildman–Crippen LogP) is 0.263. The summed E-state index contributed by atoms with van der Waals surface area (Å²) in [5, 5.41) is 18.5. The Kier molecular flexibility index (Phi) is 5.01. The van der Waals surface area contributed by atoms with E-state index in [1.165, 1.54) is 11.1 Å². The van der Waals surface area contributed by atoms with E-state index in [1.807, 2.05) is 0 Å². The van der Waals surface area contributed by atoms with E-state index in [4.69, 9.17) is 5.73 Å². The lowest BCUT2D eigenvalue weighted by Crippen LogP contribution is -2.51. The quantitative estimate of drug-likeness (QED) is 0.620. The zero-order valence-corrected chi connectivity index (χ0v) is 15.3. The molecule has 2 aliphatic heterocycles. The Bertz CT molecular complexity index is 651. The number of hydrogen-bond acceptors (Lipinski definition) is 5. The van der Waals surface area contributed by atoms with Crippen LogP contribution >= 0.6 is 0 Å². The van der Waals surface area contributed by atoms with Crippen LogP contribution in [0.25, 0.3) is 0 Å². The van der Waals surface area contributed by atoms with E-state index < -0.39 is 0 Å². The van der Waals surface area contributed by atoms with Crippen molar-refractivity contribution in [1.82, 2.24) is 15.5 Å². The third kappa shape index (κ3) is 3.16. The van der Waals surface area contributed by atoms with Crippen molar-refractivity contribution in [3.05, 3.63) is 35.4 Å². The summed E-state index contributed by atoms with van der Waals surface area (Å²) in [5.74, 6) is -0.260. The van der Waals surface area contributed by atoms with Gasteiger partial charge in [0.15, 0.2) is 0 Å². The zero-order valence-electron chi connectivity index (χ0n) is 15.3. The molecular weight excluding hydrogens is 328 g/mol. The van der Waals surface area contributed by atoms with E-state index in [2.05, 4.69) is 39.8 Å². The summed E-state index contributed by atoms with van der Waals surface area (Å²) in [6.45, 7) is 4.02. The summed E-state index contributed by atoms with van der Waals surface area (Å²) in [5.41, 5.74) is 7.78. The summed E-state index contributed by atoms with van der Waals surface area (Å²) >= 11 is 0. The number of hydrogen-bond donors (Lipinski definition) is 4. The fraction of sp³-hybridized carbons (Fsp3) is 0.650. The molecule has 0 radical (unpaired) electrons. The molecule has 0 saturated carbocycles. The number of piperidine rings is 2. The number of carbonyl (C=O) groups is 1. The van der Waals surface area contributed by atoms with Crippen LogP contribution in [0.4, 0.5) is 0 Å². The lowest BCUT2D eigenvalue weighted by molar-refractivity contribution is -0.119. The number of primary amides is 1. The van der Waals surface area contributed by atoms with Crippen LogP contribution in [-0.2, 0) is 10.2 Å². The van der Waals surface area contributed by atoms with Crippen LogP contribution in [0.15, 0.2) is 24.3 Å². The summed E-state index contributed by atoms with van der Waals surface area (Å²) in [7, 11) is 0. The maximum atomic E-state index is 11.3. The third-order valence-corrected chi connectivity index (χ3v) is 6.59. The highest BCUT2D eigenvalue weighted by atomic mass is 16.3. The minimum Gasteiger partial charge on any atom is -0.390 e. The first-order valence-corrected chi connectivity index (χ1v) is 9.85. The largest absolute Gasteiger partial charge is 0.390 e. The summed E-state index contributed by atoms with van der Waals surface area (Å²) in [6, 6.07) is 8.92. The topological polar surface area (TPSA) is 90.6 Å². The number of nitrogens with two attached hydrogens (primary N) is 1. The maximum Gasteiger partial charge on any atom is 0.231 e. The van der Waals surface area contributed by atoms with Crippen LogP contribution in [0.1, 0.15) is 42.9 Å². The highest BCUT2D eigenvalue weighted by Gasteiger charge is 2.51. The Labute approximate surface area is 155 Å². The smallest absolute Gasteiger partial charge is 0.231 e. The number of amides is 1. The molecule has 1 amide bonds. The van der Waals surface area contributed by atoms with Gasteiger partial charge in [0.05, 0.1) is 18.7 Å². The predicted molar refractivity (Wildman–Crippen MR) is 101 cm³/mol. The number of benzene rings is 1. The first-order valence-electron chi connectivity index (χ1n) is 9.85. The van der Waals surface area contributed by atoms with Gasteiger partial charge in [0.2, 0.25) is 5.91 Å². The van der Waals surface area contributed by atoms with E-state index in [9.17, 15) is 9.90 Å². The molecule has 5 N–H and O–H groups in total. The lowest BCUT2D eigenvalue weighted by Gasteiger charge is -2.40. The molecule has 2 heterocycles. The number of aliphatic hydroxyl groups is 1. The molecule has 6 nitrogen and oxygen atoms in total. The molecule has 0 bridgehead atoms. The molecule has 2 atom stereocenters. The van der Waals surface area contributed by atoms with Crippen LogP contribution in [0.5, 0.6) is 0 Å². The zero-order chi connectivity index (χ0) is 18.1. The molecule has 142 valence electrons. The van der Waals surface area contributed by atoms with Crippen LogP contribution in [-0.4, -0.2) is 60.8 Å². The monoisotopic (exact) mass is 358 g/mol. The molecule has 1 spiro atoms. The minimum atomic E-state index is -0.384. The second kappa shape index (κ2) is 7.27. The highest BCUT2D eigenvalue weighted by molar-refractivity contribution is 5.75. The molecule has 1 aromatic rings. The summed E-state index contributed by atoms with van der Waals surface area (Å²) < 4.78 is 0. The van der Waals surface area contributed by atoms with Crippen LogP contribution in [0.3, 0.4) is 0 Å². The van der Waals surface area contributed by atoms with E-state index in [-0.39, 0.29) is 23.5 Å². The number of nitrogens with zero attached hydrogens (tertiary/aromatic N) is 1. The van der Waals surface area contributed by atoms with E-state index in [0.29, 0.717) is 12.6 Å². The molecular formula is C20H30N4O2. The van der Waals surface area contributed by atoms with Crippen molar-refractivity contribution in [2.45, 2.75) is 49.3 Å². The molecule has 3 aliphatic rings. The van der Waals surface area contributed by atoms with Crippen LogP contribution in [0.2, 0.25) is 0 Å². The summed E-state index contributed by atoms with van der Waals surface area (Å²) in [4.78, 5) is 13.2. The first kappa shape index (κ1) is 17.9. The molecule has 2 fully saturated rings. The van der Waals surface area contributed by atoms with Crippen molar-refractivity contribution in [1.29, 1.82) is 0 Å². The van der Waals surface area contributed by atoms with E-state index >= 15 is 0 Å². The fourth-order valence-electron chi connectivity index (χ4n) is 5.22. The van der Waals surface area contributed by atoms with Crippen molar-refractivity contribution in [3.63, 3.8) is 0 Å². The Morgan fingerprint density at radius 2 is 1.96 bits per heavy atom. The summed E-state index contributed by atoms with van der Waals surface area (Å²) in [6.07, 6.45) is 3.55. The second-order valence-corrected chi connectivity index (χ2v) is 8.10. The van der Waals surface area contributed by atoms with Gasteiger partial charge in [-0.15, -0.1) is 0 Å². The number of fused-ring (bicyclic) bond motifs is 2. The molecule has 1 aromatic carbocycles. The van der Waals surface area contributed by atoms with Gasteiger partial charge in [-0.2, -0.15) is 0 Å². The van der Waals surface area contributed by atoms with Crippen molar-refractivity contribution in [3.8, 4) is 0 Å². The molecule has 4 rings (SSSR count). The standard InChI is InChI=1S/C20H30N4O2/c21-17(25)13-24-11-5-14(6-12-24)23-18-15-3-1-2-4-16(15)20(19(18)26)7-9-22-10-8-20/h1-4,14,18-19,22-23,26H,5-13H2,(H2,21,25)/t18-,19+/m1/s1. The molecule has 0 unspecified atom stereocenters. The Morgan fingerprint density at radius 1 is 1.27 bits per heavy atom. The number of aliphatic hydroxyl groups excluding tert-OH is 1. The van der Waals surface area contributed by atoms with Crippen molar-refractivity contribution < 1.29 is 9.90 Å². The Hall–Kier alpha value is -1.47. The third-order valence-electron chi connectivity index (χ3n) is 6.59. The molecule has 26 heavy (non-hydrogen) atoms. The average molecular weight is 358 g/mol. The molecule has 2 saturated heterocycles. The van der Waals surface area contributed by atoms with E-state index in [1.54, 1.807) is 0 Å². The maximum absolute atomic E-state index is 11.3. The van der Waals surface area contributed by atoms with Gasteiger partial charge in [0.25, 0.3) is 0 Å². The van der Waals surface area contributed by atoms with Gasteiger partial charge >= 0.3 is 0 Å². The second-order valence-electron chi connectivity index (χ2n) is 8.10. The van der Waals surface area contributed by atoms with Gasteiger partial charge in [-0.1, -0.05) is 24.3 Å². The van der Waals surface area contributed by atoms with Gasteiger partial charge in [-0.3, -0.25) is 9.69 Å². The first-order chi connectivity index (χ1) is 12.6. The van der Waals surface area contributed by atoms with Gasteiger partial charge in [0, 0.05) is 24.5 Å². The number of nitrogens with one attached hydrogen (secondary N) is 2. The SMILES string of the molecule is NC(=O)CN1CCC(N[C@@H]2c3ccccc3C3(CCNCC3)[C@H]2O)CC1. The molecule has 6 heteroatoms. The van der Waals surface area contributed by atoms with Crippen molar-refractivity contribution >= 4 is 5.91 Å². The van der Waals surface area contributed by atoms with Gasteiger partial charge in [-0.05, 0) is 49.9 Å². The Balaban J connectivity index is 1.48. The van der Waals surface area contributed by atoms with Crippen LogP contribution < -0.4 is 16.4 Å². The molecule has 0 aromatic heterocycles. The van der Waals surface area contributed by atoms with Crippen molar-refractivity contribution in [2.24, 2.45) is 5.73 Å². The normalized spacial score (nSPS) is 29.0. The van der Waals surface area contributed by atoms with Gasteiger partial charge in [-0.25, -0.2) is 0 Å². The highest BCUT2D eigenvalue weighted by Crippen LogP contribution is 2.50. The van der Waals surface area contributed by atoms with Gasteiger partial charge in [0.1, 0.15) is 0 Å².